The second kappa shape index (κ2) is 10.6. The van der Waals surface area contributed by atoms with Crippen LogP contribution in [0.3, 0.4) is 0 Å². The van der Waals surface area contributed by atoms with Crippen LogP contribution in [0.25, 0.3) is 5.69 Å². The second-order valence-electron chi connectivity index (χ2n) is 7.29. The number of para-hydroxylation sites is 1. The SMILES string of the molecule is CCOC(=O)c1c(NC(=O)CSc2nncn2-c2ccccc2C)sc(C(=O)N(C)C)c1C. The number of thioether (sulfide) groups is 1. The highest BCUT2D eigenvalue weighted by molar-refractivity contribution is 7.99. The van der Waals surface area contributed by atoms with Gasteiger partial charge in [-0.05, 0) is 38.0 Å². The maximum absolute atomic E-state index is 12.7. The highest BCUT2D eigenvalue weighted by atomic mass is 32.2. The standard InChI is InChI=1S/C22H25N5O4S2/c1-6-31-21(30)17-14(3)18(20(29)26(4)5)33-19(17)24-16(28)11-32-22-25-23-12-27(22)15-10-8-7-9-13(15)2/h7-10,12H,6,11H2,1-5H3,(H,24,28). The van der Waals surface area contributed by atoms with Crippen molar-refractivity contribution in [1.29, 1.82) is 0 Å². The third-order valence-corrected chi connectivity index (χ3v) is 6.84. The molecule has 0 aliphatic rings. The van der Waals surface area contributed by atoms with Gasteiger partial charge in [-0.25, -0.2) is 4.79 Å². The van der Waals surface area contributed by atoms with Gasteiger partial charge in [0.1, 0.15) is 11.3 Å². The van der Waals surface area contributed by atoms with Crippen molar-refractivity contribution >= 4 is 45.9 Å². The molecule has 0 saturated heterocycles. The van der Waals surface area contributed by atoms with E-state index in [4.69, 9.17) is 4.74 Å². The number of carbonyl (C=O) groups excluding carboxylic acids is 3. The molecule has 0 spiro atoms. The lowest BCUT2D eigenvalue weighted by atomic mass is 10.1. The molecular weight excluding hydrogens is 462 g/mol. The van der Waals surface area contributed by atoms with E-state index in [-0.39, 0.29) is 29.7 Å². The molecule has 1 aromatic carbocycles. The van der Waals surface area contributed by atoms with E-state index in [0.717, 1.165) is 22.6 Å². The van der Waals surface area contributed by atoms with Crippen molar-refractivity contribution in [2.45, 2.75) is 25.9 Å². The highest BCUT2D eigenvalue weighted by Crippen LogP contribution is 2.34. The van der Waals surface area contributed by atoms with Crippen molar-refractivity contribution in [3.8, 4) is 5.69 Å². The van der Waals surface area contributed by atoms with Crippen molar-refractivity contribution in [2.24, 2.45) is 0 Å². The topological polar surface area (TPSA) is 106 Å². The molecular formula is C22H25N5O4S2. The van der Waals surface area contributed by atoms with Crippen LogP contribution in [0.4, 0.5) is 5.00 Å². The average molecular weight is 488 g/mol. The number of anilines is 1. The van der Waals surface area contributed by atoms with Crippen LogP contribution in [0.2, 0.25) is 0 Å². The van der Waals surface area contributed by atoms with E-state index in [1.807, 2.05) is 35.8 Å². The molecule has 3 rings (SSSR count). The Balaban J connectivity index is 1.79. The van der Waals surface area contributed by atoms with E-state index in [1.165, 1.54) is 16.7 Å². The number of amides is 2. The Morgan fingerprint density at radius 1 is 1.21 bits per heavy atom. The first-order valence-electron chi connectivity index (χ1n) is 10.1. The minimum Gasteiger partial charge on any atom is -0.462 e. The Kier molecular flexibility index (Phi) is 7.88. The Bertz CT molecular complexity index is 1190. The molecule has 33 heavy (non-hydrogen) atoms. The van der Waals surface area contributed by atoms with Gasteiger partial charge in [-0.3, -0.25) is 14.2 Å². The summed E-state index contributed by atoms with van der Waals surface area (Å²) in [6.45, 7) is 5.54. The summed E-state index contributed by atoms with van der Waals surface area (Å²) in [4.78, 5) is 39.6. The smallest absolute Gasteiger partial charge is 0.341 e. The van der Waals surface area contributed by atoms with Crippen molar-refractivity contribution in [3.05, 3.63) is 52.2 Å². The fraction of sp³-hybridized carbons (Fsp3) is 0.318. The van der Waals surface area contributed by atoms with Gasteiger partial charge in [-0.2, -0.15) is 0 Å². The Morgan fingerprint density at radius 3 is 2.61 bits per heavy atom. The molecule has 0 fully saturated rings. The number of aromatic nitrogens is 3. The van der Waals surface area contributed by atoms with Gasteiger partial charge in [-0.15, -0.1) is 21.5 Å². The molecule has 0 radical (unpaired) electrons. The predicted molar refractivity (Wildman–Crippen MR) is 128 cm³/mol. The van der Waals surface area contributed by atoms with Crippen molar-refractivity contribution in [2.75, 3.05) is 31.8 Å². The second-order valence-corrected chi connectivity index (χ2v) is 9.25. The van der Waals surface area contributed by atoms with E-state index in [9.17, 15) is 14.4 Å². The van der Waals surface area contributed by atoms with Crippen molar-refractivity contribution in [3.63, 3.8) is 0 Å². The average Bonchev–Trinajstić information content (AvgIpc) is 3.36. The minimum absolute atomic E-state index is 0.0424. The number of ether oxygens (including phenoxy) is 1. The quantitative estimate of drug-likeness (QED) is 0.382. The van der Waals surface area contributed by atoms with Gasteiger partial charge < -0.3 is 15.0 Å². The first kappa shape index (κ1) is 24.5. The third-order valence-electron chi connectivity index (χ3n) is 4.70. The van der Waals surface area contributed by atoms with Crippen LogP contribution >= 0.6 is 23.1 Å². The molecule has 174 valence electrons. The van der Waals surface area contributed by atoms with Crippen molar-refractivity contribution in [1.82, 2.24) is 19.7 Å². The van der Waals surface area contributed by atoms with Gasteiger partial charge in [0.25, 0.3) is 5.91 Å². The van der Waals surface area contributed by atoms with E-state index in [1.54, 1.807) is 34.3 Å². The van der Waals surface area contributed by atoms with Gasteiger partial charge in [0.15, 0.2) is 5.16 Å². The molecule has 0 aliphatic heterocycles. The largest absolute Gasteiger partial charge is 0.462 e. The van der Waals surface area contributed by atoms with Gasteiger partial charge >= 0.3 is 5.97 Å². The van der Waals surface area contributed by atoms with Crippen molar-refractivity contribution < 1.29 is 19.1 Å². The summed E-state index contributed by atoms with van der Waals surface area (Å²) in [5.74, 6) is -1.12. The van der Waals surface area contributed by atoms with E-state index < -0.39 is 5.97 Å². The summed E-state index contributed by atoms with van der Waals surface area (Å²) in [6.07, 6.45) is 1.60. The number of esters is 1. The highest BCUT2D eigenvalue weighted by Gasteiger charge is 2.27. The summed E-state index contributed by atoms with van der Waals surface area (Å²) in [6, 6.07) is 7.81. The summed E-state index contributed by atoms with van der Waals surface area (Å²) in [5, 5.41) is 11.7. The summed E-state index contributed by atoms with van der Waals surface area (Å²) in [7, 11) is 3.26. The van der Waals surface area contributed by atoms with Crippen LogP contribution in [-0.4, -0.2) is 63.9 Å². The lowest BCUT2D eigenvalue weighted by Crippen LogP contribution is -2.21. The number of thiophene rings is 1. The first-order valence-corrected chi connectivity index (χ1v) is 12.0. The van der Waals surface area contributed by atoms with Crippen LogP contribution < -0.4 is 5.32 Å². The third kappa shape index (κ3) is 5.42. The maximum Gasteiger partial charge on any atom is 0.341 e. The molecule has 2 heterocycles. The molecule has 0 saturated carbocycles. The van der Waals surface area contributed by atoms with E-state index in [0.29, 0.717) is 20.6 Å². The monoisotopic (exact) mass is 487 g/mol. The fourth-order valence-electron chi connectivity index (χ4n) is 3.07. The molecule has 2 aromatic heterocycles. The zero-order chi connectivity index (χ0) is 24.1. The van der Waals surface area contributed by atoms with Crippen LogP contribution in [0.15, 0.2) is 35.7 Å². The zero-order valence-corrected chi connectivity index (χ0v) is 20.7. The Morgan fingerprint density at radius 2 is 1.94 bits per heavy atom. The Hall–Kier alpha value is -3.18. The van der Waals surface area contributed by atoms with Crippen LogP contribution in [-0.2, 0) is 9.53 Å². The summed E-state index contributed by atoms with van der Waals surface area (Å²) >= 11 is 2.29. The first-order chi connectivity index (χ1) is 15.7. The number of benzene rings is 1. The number of carbonyl (C=O) groups is 3. The number of hydrogen-bond donors (Lipinski definition) is 1. The normalized spacial score (nSPS) is 10.7. The lowest BCUT2D eigenvalue weighted by Gasteiger charge is -2.09. The predicted octanol–water partition coefficient (Wildman–Crippen LogP) is 3.55. The molecule has 9 nitrogen and oxygen atoms in total. The maximum atomic E-state index is 12.7. The molecule has 0 unspecified atom stereocenters. The van der Waals surface area contributed by atoms with E-state index in [2.05, 4.69) is 15.5 Å². The Labute approximate surface area is 200 Å². The molecule has 0 bridgehead atoms. The fourth-order valence-corrected chi connectivity index (χ4v) is 5.03. The molecule has 3 aromatic rings. The molecule has 2 amide bonds. The zero-order valence-electron chi connectivity index (χ0n) is 19.0. The van der Waals surface area contributed by atoms with Gasteiger partial charge in [0.2, 0.25) is 5.91 Å². The number of hydrogen-bond acceptors (Lipinski definition) is 8. The van der Waals surface area contributed by atoms with Gasteiger partial charge in [0, 0.05) is 14.1 Å². The molecule has 0 atom stereocenters. The number of nitrogens with zero attached hydrogens (tertiary/aromatic N) is 4. The molecule has 1 N–H and O–H groups in total. The summed E-state index contributed by atoms with van der Waals surface area (Å²) < 4.78 is 6.96. The minimum atomic E-state index is -0.577. The van der Waals surface area contributed by atoms with Gasteiger partial charge in [-0.1, -0.05) is 30.0 Å². The van der Waals surface area contributed by atoms with Crippen LogP contribution in [0, 0.1) is 13.8 Å². The number of rotatable bonds is 8. The van der Waals surface area contributed by atoms with Crippen LogP contribution in [0.1, 0.15) is 38.1 Å². The van der Waals surface area contributed by atoms with E-state index >= 15 is 0 Å². The summed E-state index contributed by atoms with van der Waals surface area (Å²) in [5.41, 5.74) is 2.67. The van der Waals surface area contributed by atoms with Gasteiger partial charge in [0.05, 0.1) is 28.5 Å². The molecule has 0 aliphatic carbocycles. The number of aryl methyl sites for hydroxylation is 1. The van der Waals surface area contributed by atoms with Crippen LogP contribution in [0.5, 0.6) is 0 Å². The lowest BCUT2D eigenvalue weighted by molar-refractivity contribution is -0.113. The number of nitrogens with one attached hydrogen (secondary N) is 1. The molecule has 11 heteroatoms.